The van der Waals surface area contributed by atoms with Crippen LogP contribution in [0.1, 0.15) is 37.9 Å². The van der Waals surface area contributed by atoms with Gasteiger partial charge in [-0.3, -0.25) is 4.79 Å². The fourth-order valence-electron chi connectivity index (χ4n) is 1.84. The van der Waals surface area contributed by atoms with E-state index in [0.29, 0.717) is 31.5 Å². The van der Waals surface area contributed by atoms with Crippen LogP contribution in [0.2, 0.25) is 0 Å². The number of nitrogens with two attached hydrogens (primary N) is 2. The Labute approximate surface area is 129 Å². The van der Waals surface area contributed by atoms with Crippen LogP contribution in [0.15, 0.2) is 24.3 Å². The van der Waals surface area contributed by atoms with E-state index in [2.05, 4.69) is 5.32 Å². The number of benzene rings is 1. The third kappa shape index (κ3) is 6.45. The maximum atomic E-state index is 11.6. The molecule has 1 rings (SSSR count). The Morgan fingerprint density at radius 2 is 1.91 bits per heavy atom. The second-order valence-electron chi connectivity index (χ2n) is 5.08. The Kier molecular flexibility index (Phi) is 7.18. The molecule has 1 amide bonds. The molecule has 0 bridgehead atoms. The molecule has 0 radical (unpaired) electrons. The lowest BCUT2D eigenvalue weighted by molar-refractivity contribution is -0.138. The van der Waals surface area contributed by atoms with Crippen molar-refractivity contribution < 1.29 is 19.4 Å². The molecule has 0 saturated heterocycles. The van der Waals surface area contributed by atoms with Gasteiger partial charge in [0.1, 0.15) is 12.1 Å². The predicted molar refractivity (Wildman–Crippen MR) is 83.2 cm³/mol. The summed E-state index contributed by atoms with van der Waals surface area (Å²) in [5.41, 5.74) is 12.5. The molecular formula is C15H23N3O4. The number of carbonyl (C=O) groups is 2. The molecule has 1 aromatic carbocycles. The minimum atomic E-state index is -1.01. The van der Waals surface area contributed by atoms with Crippen molar-refractivity contribution in [3.63, 3.8) is 0 Å². The van der Waals surface area contributed by atoms with E-state index >= 15 is 0 Å². The summed E-state index contributed by atoms with van der Waals surface area (Å²) in [6, 6.07) is 6.26. The second kappa shape index (κ2) is 8.89. The first-order valence-corrected chi connectivity index (χ1v) is 7.18. The molecule has 0 spiro atoms. The highest BCUT2D eigenvalue weighted by molar-refractivity contribution is 5.72. The summed E-state index contributed by atoms with van der Waals surface area (Å²) in [4.78, 5) is 22.1. The van der Waals surface area contributed by atoms with Gasteiger partial charge in [0, 0.05) is 12.2 Å². The average Bonchev–Trinajstić information content (AvgIpc) is 2.47. The second-order valence-corrected chi connectivity index (χ2v) is 5.08. The Balaban J connectivity index is 2.20. The summed E-state index contributed by atoms with van der Waals surface area (Å²) in [5.74, 6) is -1.01. The van der Waals surface area contributed by atoms with Crippen molar-refractivity contribution in [1.29, 1.82) is 0 Å². The number of hydrogen-bond donors (Lipinski definition) is 4. The maximum absolute atomic E-state index is 11.6. The molecule has 7 heteroatoms. The highest BCUT2D eigenvalue weighted by Gasteiger charge is 2.12. The zero-order valence-electron chi connectivity index (χ0n) is 12.6. The Morgan fingerprint density at radius 3 is 2.50 bits per heavy atom. The molecule has 0 aliphatic rings. The van der Waals surface area contributed by atoms with Crippen LogP contribution in [0.4, 0.5) is 10.5 Å². The Morgan fingerprint density at radius 1 is 1.27 bits per heavy atom. The number of nitrogen functional groups attached to an aromatic ring is 1. The van der Waals surface area contributed by atoms with Crippen molar-refractivity contribution in [1.82, 2.24) is 5.32 Å². The van der Waals surface area contributed by atoms with Crippen LogP contribution in [-0.4, -0.2) is 29.8 Å². The van der Waals surface area contributed by atoms with Crippen LogP contribution >= 0.6 is 0 Å². The first-order chi connectivity index (χ1) is 10.4. The van der Waals surface area contributed by atoms with Gasteiger partial charge in [0.15, 0.2) is 0 Å². The van der Waals surface area contributed by atoms with Crippen molar-refractivity contribution in [3.8, 4) is 0 Å². The molecule has 0 aliphatic carbocycles. The number of rotatable bonds is 8. The third-order valence-corrected chi connectivity index (χ3v) is 3.22. The van der Waals surface area contributed by atoms with Crippen molar-refractivity contribution in [2.75, 3.05) is 12.3 Å². The van der Waals surface area contributed by atoms with Crippen molar-refractivity contribution in [2.24, 2.45) is 5.73 Å². The van der Waals surface area contributed by atoms with Crippen LogP contribution in [0.5, 0.6) is 0 Å². The molecule has 0 fully saturated rings. The molecule has 0 aromatic heterocycles. The van der Waals surface area contributed by atoms with Crippen molar-refractivity contribution in [2.45, 2.75) is 38.3 Å². The van der Waals surface area contributed by atoms with Crippen molar-refractivity contribution >= 4 is 17.7 Å². The van der Waals surface area contributed by atoms with Crippen LogP contribution < -0.4 is 16.8 Å². The summed E-state index contributed by atoms with van der Waals surface area (Å²) in [6.07, 6.45) is 0.773. The van der Waals surface area contributed by atoms with Gasteiger partial charge in [-0.05, 0) is 43.9 Å². The molecule has 122 valence electrons. The monoisotopic (exact) mass is 309 g/mol. The fraction of sp³-hybridized carbons (Fsp3) is 0.467. The molecule has 7 nitrogen and oxygen atoms in total. The third-order valence-electron chi connectivity index (χ3n) is 3.22. The first-order valence-electron chi connectivity index (χ1n) is 7.18. The van der Waals surface area contributed by atoms with E-state index in [-0.39, 0.29) is 6.10 Å². The number of nitrogens with one attached hydrogen (secondary N) is 1. The highest BCUT2D eigenvalue weighted by atomic mass is 16.6. The standard InChI is InChI=1S/C15H23N3O4/c1-10(11-5-7-12(16)8-6-11)22-15(21)18-9-3-2-4-13(17)14(19)20/h5-8,10,13H,2-4,9,16-17H2,1H3,(H,18,21)(H,19,20)/t10?,13-/m0/s1. The van der Waals surface area contributed by atoms with Crippen LogP contribution in [0, 0.1) is 0 Å². The number of alkyl carbamates (subject to hydrolysis) is 1. The summed E-state index contributed by atoms with van der Waals surface area (Å²) < 4.78 is 5.23. The average molecular weight is 309 g/mol. The van der Waals surface area contributed by atoms with E-state index in [9.17, 15) is 9.59 Å². The minimum absolute atomic E-state index is 0.374. The van der Waals surface area contributed by atoms with E-state index < -0.39 is 18.1 Å². The number of amides is 1. The SMILES string of the molecule is CC(OC(=O)NCCCC[C@H](N)C(=O)O)c1ccc(N)cc1. The molecular weight excluding hydrogens is 286 g/mol. The summed E-state index contributed by atoms with van der Waals surface area (Å²) in [5, 5.41) is 11.3. The molecule has 0 heterocycles. The zero-order chi connectivity index (χ0) is 16.5. The fourth-order valence-corrected chi connectivity index (χ4v) is 1.84. The van der Waals surface area contributed by atoms with E-state index in [1.165, 1.54) is 0 Å². The number of ether oxygens (including phenoxy) is 1. The molecule has 0 aliphatic heterocycles. The van der Waals surface area contributed by atoms with Gasteiger partial charge < -0.3 is 26.6 Å². The highest BCUT2D eigenvalue weighted by Crippen LogP contribution is 2.17. The predicted octanol–water partition coefficient (Wildman–Crippen LogP) is 1.64. The van der Waals surface area contributed by atoms with E-state index in [0.717, 1.165) is 5.56 Å². The van der Waals surface area contributed by atoms with Gasteiger partial charge in [-0.15, -0.1) is 0 Å². The van der Waals surface area contributed by atoms with E-state index in [1.807, 2.05) is 0 Å². The Hall–Kier alpha value is -2.28. The number of unbranched alkanes of at least 4 members (excludes halogenated alkanes) is 1. The molecule has 6 N–H and O–H groups in total. The largest absolute Gasteiger partial charge is 0.480 e. The quantitative estimate of drug-likeness (QED) is 0.427. The zero-order valence-corrected chi connectivity index (χ0v) is 12.6. The molecule has 1 aromatic rings. The molecule has 2 atom stereocenters. The van der Waals surface area contributed by atoms with Gasteiger partial charge in [0.25, 0.3) is 0 Å². The molecule has 0 saturated carbocycles. The van der Waals surface area contributed by atoms with E-state index in [1.54, 1.807) is 31.2 Å². The number of carbonyl (C=O) groups excluding carboxylic acids is 1. The van der Waals surface area contributed by atoms with Gasteiger partial charge in [-0.1, -0.05) is 12.1 Å². The smallest absolute Gasteiger partial charge is 0.407 e. The number of hydrogen-bond acceptors (Lipinski definition) is 5. The number of aliphatic carboxylic acids is 1. The van der Waals surface area contributed by atoms with Gasteiger partial charge in [0.05, 0.1) is 0 Å². The van der Waals surface area contributed by atoms with Gasteiger partial charge in [-0.25, -0.2) is 4.79 Å². The Bertz CT molecular complexity index is 490. The van der Waals surface area contributed by atoms with Gasteiger partial charge in [-0.2, -0.15) is 0 Å². The number of carboxylic acid groups (broad SMARTS) is 1. The van der Waals surface area contributed by atoms with E-state index in [4.69, 9.17) is 21.3 Å². The topological polar surface area (TPSA) is 128 Å². The van der Waals surface area contributed by atoms with Crippen LogP contribution in [-0.2, 0) is 9.53 Å². The van der Waals surface area contributed by atoms with Gasteiger partial charge in [0.2, 0.25) is 0 Å². The van der Waals surface area contributed by atoms with Crippen LogP contribution in [0.25, 0.3) is 0 Å². The number of carboxylic acids is 1. The lowest BCUT2D eigenvalue weighted by atomic mass is 10.1. The lowest BCUT2D eigenvalue weighted by Gasteiger charge is -2.14. The molecule has 1 unspecified atom stereocenters. The summed E-state index contributed by atoms with van der Waals surface area (Å²) in [7, 11) is 0. The van der Waals surface area contributed by atoms with Crippen molar-refractivity contribution in [3.05, 3.63) is 29.8 Å². The normalized spacial score (nSPS) is 13.2. The summed E-state index contributed by atoms with van der Waals surface area (Å²) in [6.45, 7) is 2.19. The van der Waals surface area contributed by atoms with Crippen LogP contribution in [0.3, 0.4) is 0 Å². The maximum Gasteiger partial charge on any atom is 0.407 e. The minimum Gasteiger partial charge on any atom is -0.480 e. The number of anilines is 1. The first kappa shape index (κ1) is 17.8. The molecule has 22 heavy (non-hydrogen) atoms. The van der Waals surface area contributed by atoms with Gasteiger partial charge >= 0.3 is 12.1 Å². The summed E-state index contributed by atoms with van der Waals surface area (Å²) >= 11 is 0. The lowest BCUT2D eigenvalue weighted by Crippen LogP contribution is -2.30.